The molecule has 0 aromatic carbocycles. The first kappa shape index (κ1) is 14.5. The topological polar surface area (TPSA) is 76.2 Å². The summed E-state index contributed by atoms with van der Waals surface area (Å²) in [5, 5.41) is 13.7. The molecular weight excluding hydrogens is 268 g/mol. The van der Waals surface area contributed by atoms with Crippen molar-refractivity contribution in [2.45, 2.75) is 76.5 Å². The zero-order chi connectivity index (χ0) is 14.7. The number of carbonyl (C=O) groups is 1. The molecule has 1 aromatic rings. The highest BCUT2D eigenvalue weighted by atomic mass is 16.5. The lowest BCUT2D eigenvalue weighted by molar-refractivity contribution is -0.148. The third-order valence-electron chi connectivity index (χ3n) is 5.21. The molecule has 5 heteroatoms. The van der Waals surface area contributed by atoms with E-state index in [0.29, 0.717) is 18.2 Å². The molecular formula is C16H24N2O3. The van der Waals surface area contributed by atoms with Gasteiger partial charge in [0.2, 0.25) is 5.89 Å². The molecule has 0 amide bonds. The van der Waals surface area contributed by atoms with Crippen molar-refractivity contribution in [2.75, 3.05) is 0 Å². The van der Waals surface area contributed by atoms with Crippen LogP contribution in [-0.2, 0) is 11.2 Å². The summed E-state index contributed by atoms with van der Waals surface area (Å²) in [5.41, 5.74) is -0.673. The van der Waals surface area contributed by atoms with Gasteiger partial charge in [-0.25, -0.2) is 0 Å². The highest BCUT2D eigenvalue weighted by molar-refractivity contribution is 5.75. The number of aromatic nitrogens is 2. The lowest BCUT2D eigenvalue weighted by Gasteiger charge is -2.21. The van der Waals surface area contributed by atoms with E-state index in [2.05, 4.69) is 10.1 Å². The molecule has 21 heavy (non-hydrogen) atoms. The summed E-state index contributed by atoms with van der Waals surface area (Å²) in [5.74, 6) is 0.993. The number of aliphatic carboxylic acids is 1. The van der Waals surface area contributed by atoms with Gasteiger partial charge in [-0.15, -0.1) is 0 Å². The van der Waals surface area contributed by atoms with Gasteiger partial charge in [-0.05, 0) is 25.7 Å². The summed E-state index contributed by atoms with van der Waals surface area (Å²) in [4.78, 5) is 16.1. The van der Waals surface area contributed by atoms with Gasteiger partial charge < -0.3 is 9.63 Å². The van der Waals surface area contributed by atoms with Crippen molar-refractivity contribution in [3.8, 4) is 0 Å². The monoisotopic (exact) mass is 292 g/mol. The Labute approximate surface area is 125 Å². The summed E-state index contributed by atoms with van der Waals surface area (Å²) in [7, 11) is 0. The van der Waals surface area contributed by atoms with Gasteiger partial charge >= 0.3 is 5.97 Å². The standard InChI is InChI=1S/C16H24N2O3/c19-15(20)16(9-5-6-10-16)11-13-17-14(18-21-13)12-7-3-1-2-4-8-12/h12H,1-11H2,(H,19,20). The Balaban J connectivity index is 1.71. The van der Waals surface area contributed by atoms with E-state index in [1.54, 1.807) is 0 Å². The maximum atomic E-state index is 11.6. The first-order chi connectivity index (χ1) is 10.2. The van der Waals surface area contributed by atoms with Crippen LogP contribution in [-0.4, -0.2) is 21.2 Å². The van der Waals surface area contributed by atoms with Gasteiger partial charge in [-0.1, -0.05) is 43.7 Å². The summed E-state index contributed by atoms with van der Waals surface area (Å²) < 4.78 is 5.37. The molecule has 0 spiro atoms. The maximum absolute atomic E-state index is 11.6. The SMILES string of the molecule is O=C(O)C1(Cc2nc(C3CCCCCC3)no2)CCCC1. The third kappa shape index (κ3) is 3.11. The minimum atomic E-state index is -0.714. The van der Waals surface area contributed by atoms with Crippen LogP contribution in [0.25, 0.3) is 0 Å². The van der Waals surface area contributed by atoms with Crippen molar-refractivity contribution in [1.82, 2.24) is 10.1 Å². The van der Waals surface area contributed by atoms with E-state index >= 15 is 0 Å². The summed E-state index contributed by atoms with van der Waals surface area (Å²) in [6.45, 7) is 0. The Bertz CT molecular complexity index is 483. The smallest absolute Gasteiger partial charge is 0.310 e. The number of hydrogen-bond acceptors (Lipinski definition) is 4. The molecule has 2 aliphatic rings. The highest BCUT2D eigenvalue weighted by Gasteiger charge is 2.43. The van der Waals surface area contributed by atoms with Crippen molar-refractivity contribution in [3.63, 3.8) is 0 Å². The van der Waals surface area contributed by atoms with Crippen LogP contribution in [0.4, 0.5) is 0 Å². The molecule has 0 atom stereocenters. The average Bonchev–Trinajstić information content (AvgIpc) is 3.04. The van der Waals surface area contributed by atoms with Crippen LogP contribution >= 0.6 is 0 Å². The molecule has 116 valence electrons. The summed E-state index contributed by atoms with van der Waals surface area (Å²) in [6, 6.07) is 0. The minimum Gasteiger partial charge on any atom is -0.481 e. The second-order valence-corrected chi connectivity index (χ2v) is 6.70. The molecule has 2 aliphatic carbocycles. The van der Waals surface area contributed by atoms with Gasteiger partial charge in [0.15, 0.2) is 5.82 Å². The number of rotatable bonds is 4. The van der Waals surface area contributed by atoms with E-state index < -0.39 is 11.4 Å². The fourth-order valence-corrected chi connectivity index (χ4v) is 3.85. The Kier molecular flexibility index (Phi) is 4.27. The van der Waals surface area contributed by atoms with Crippen LogP contribution in [0, 0.1) is 5.41 Å². The Morgan fingerprint density at radius 2 is 1.81 bits per heavy atom. The van der Waals surface area contributed by atoms with Crippen molar-refractivity contribution in [1.29, 1.82) is 0 Å². The largest absolute Gasteiger partial charge is 0.481 e. The van der Waals surface area contributed by atoms with E-state index in [0.717, 1.165) is 44.3 Å². The molecule has 2 fully saturated rings. The van der Waals surface area contributed by atoms with Crippen LogP contribution < -0.4 is 0 Å². The van der Waals surface area contributed by atoms with Crippen molar-refractivity contribution in [2.24, 2.45) is 5.41 Å². The Morgan fingerprint density at radius 3 is 2.43 bits per heavy atom. The number of carboxylic acids is 1. The fourth-order valence-electron chi connectivity index (χ4n) is 3.85. The lowest BCUT2D eigenvalue weighted by atomic mass is 9.83. The normalized spacial score (nSPS) is 23.0. The Morgan fingerprint density at radius 1 is 1.14 bits per heavy atom. The second kappa shape index (κ2) is 6.16. The predicted molar refractivity (Wildman–Crippen MR) is 77.0 cm³/mol. The number of hydrogen-bond donors (Lipinski definition) is 1. The highest BCUT2D eigenvalue weighted by Crippen LogP contribution is 2.41. The lowest BCUT2D eigenvalue weighted by Crippen LogP contribution is -2.30. The molecule has 0 aliphatic heterocycles. The van der Waals surface area contributed by atoms with E-state index in [1.165, 1.54) is 25.7 Å². The summed E-state index contributed by atoms with van der Waals surface area (Å²) in [6.07, 6.45) is 11.1. The molecule has 0 radical (unpaired) electrons. The number of nitrogens with zero attached hydrogens (tertiary/aromatic N) is 2. The third-order valence-corrected chi connectivity index (χ3v) is 5.21. The predicted octanol–water partition coefficient (Wildman–Crippen LogP) is 3.69. The minimum absolute atomic E-state index is 0.391. The van der Waals surface area contributed by atoms with Crippen LogP contribution in [0.3, 0.4) is 0 Å². The molecule has 3 rings (SSSR count). The van der Waals surface area contributed by atoms with Crippen LogP contribution in [0.1, 0.15) is 81.8 Å². The van der Waals surface area contributed by atoms with Gasteiger partial charge in [-0.3, -0.25) is 4.79 Å². The first-order valence-electron chi connectivity index (χ1n) is 8.25. The zero-order valence-electron chi connectivity index (χ0n) is 12.5. The molecule has 0 saturated heterocycles. The van der Waals surface area contributed by atoms with Gasteiger partial charge in [0.1, 0.15) is 0 Å². The van der Waals surface area contributed by atoms with Crippen molar-refractivity contribution < 1.29 is 14.4 Å². The summed E-state index contributed by atoms with van der Waals surface area (Å²) >= 11 is 0. The average molecular weight is 292 g/mol. The molecule has 2 saturated carbocycles. The van der Waals surface area contributed by atoms with E-state index in [1.807, 2.05) is 0 Å². The maximum Gasteiger partial charge on any atom is 0.310 e. The molecule has 1 aromatic heterocycles. The van der Waals surface area contributed by atoms with E-state index in [-0.39, 0.29) is 0 Å². The molecule has 5 nitrogen and oxygen atoms in total. The fraction of sp³-hybridized carbons (Fsp3) is 0.812. The van der Waals surface area contributed by atoms with E-state index in [9.17, 15) is 9.90 Å². The zero-order valence-corrected chi connectivity index (χ0v) is 12.5. The van der Waals surface area contributed by atoms with Crippen molar-refractivity contribution in [3.05, 3.63) is 11.7 Å². The number of carboxylic acid groups (broad SMARTS) is 1. The van der Waals surface area contributed by atoms with Crippen LogP contribution in [0.5, 0.6) is 0 Å². The van der Waals surface area contributed by atoms with Crippen LogP contribution in [0.15, 0.2) is 4.52 Å². The Hall–Kier alpha value is -1.39. The van der Waals surface area contributed by atoms with Gasteiger partial charge in [0, 0.05) is 12.3 Å². The molecule has 1 heterocycles. The molecule has 1 N–H and O–H groups in total. The second-order valence-electron chi connectivity index (χ2n) is 6.70. The van der Waals surface area contributed by atoms with Gasteiger partial charge in [0.05, 0.1) is 5.41 Å². The van der Waals surface area contributed by atoms with Crippen molar-refractivity contribution >= 4 is 5.97 Å². The quantitative estimate of drug-likeness (QED) is 0.856. The van der Waals surface area contributed by atoms with Gasteiger partial charge in [-0.2, -0.15) is 4.98 Å². The van der Waals surface area contributed by atoms with Crippen LogP contribution in [0.2, 0.25) is 0 Å². The van der Waals surface area contributed by atoms with E-state index in [4.69, 9.17) is 4.52 Å². The first-order valence-corrected chi connectivity index (χ1v) is 8.25. The molecule has 0 unspecified atom stereocenters. The molecule has 0 bridgehead atoms. The van der Waals surface area contributed by atoms with Gasteiger partial charge in [0.25, 0.3) is 0 Å².